The van der Waals surface area contributed by atoms with E-state index in [-0.39, 0.29) is 6.10 Å². The zero-order valence-corrected chi connectivity index (χ0v) is 11.8. The topological polar surface area (TPSA) is 47.0 Å². The molecule has 19 heavy (non-hydrogen) atoms. The fraction of sp³-hybridized carbons (Fsp3) is 0.333. The molecule has 0 amide bonds. The third kappa shape index (κ3) is 3.22. The van der Waals surface area contributed by atoms with Crippen LogP contribution < -0.4 is 10.1 Å². The van der Waals surface area contributed by atoms with Gasteiger partial charge in [-0.25, -0.2) is 9.97 Å². The van der Waals surface area contributed by atoms with E-state index in [1.54, 1.807) is 0 Å². The predicted octanol–water partition coefficient (Wildman–Crippen LogP) is 3.28. The van der Waals surface area contributed by atoms with Crippen molar-refractivity contribution < 1.29 is 4.74 Å². The Morgan fingerprint density at radius 2 is 1.89 bits per heavy atom. The molecule has 1 N–H and O–H groups in total. The molecule has 0 bridgehead atoms. The number of anilines is 1. The van der Waals surface area contributed by atoms with Crippen molar-refractivity contribution in [3.8, 4) is 17.0 Å². The molecular weight excluding hydrogens is 238 g/mol. The molecule has 1 heterocycles. The second-order valence-corrected chi connectivity index (χ2v) is 4.60. The summed E-state index contributed by atoms with van der Waals surface area (Å²) in [7, 11) is 1.85. The first-order valence-electron chi connectivity index (χ1n) is 6.39. The minimum atomic E-state index is 0.132. The summed E-state index contributed by atoms with van der Waals surface area (Å²) in [6, 6.07) is 9.85. The van der Waals surface area contributed by atoms with E-state index in [4.69, 9.17) is 4.74 Å². The van der Waals surface area contributed by atoms with Crippen molar-refractivity contribution in [2.75, 3.05) is 12.4 Å². The van der Waals surface area contributed by atoms with Crippen LogP contribution in [0.5, 0.6) is 5.75 Å². The van der Waals surface area contributed by atoms with E-state index in [1.165, 1.54) is 0 Å². The minimum Gasteiger partial charge on any atom is -0.490 e. The molecule has 0 aliphatic rings. The highest BCUT2D eigenvalue weighted by Gasteiger charge is 2.10. The van der Waals surface area contributed by atoms with E-state index < -0.39 is 0 Å². The summed E-state index contributed by atoms with van der Waals surface area (Å²) in [6.07, 6.45) is 0.132. The maximum Gasteiger partial charge on any atom is 0.130 e. The van der Waals surface area contributed by atoms with Crippen molar-refractivity contribution in [2.45, 2.75) is 26.9 Å². The van der Waals surface area contributed by atoms with Crippen molar-refractivity contribution in [3.05, 3.63) is 36.2 Å². The molecule has 2 rings (SSSR count). The lowest BCUT2D eigenvalue weighted by molar-refractivity contribution is 0.243. The molecule has 0 spiro atoms. The third-order valence-corrected chi connectivity index (χ3v) is 2.62. The van der Waals surface area contributed by atoms with Crippen LogP contribution in [0.4, 0.5) is 5.82 Å². The van der Waals surface area contributed by atoms with Crippen LogP contribution in [0.3, 0.4) is 0 Å². The summed E-state index contributed by atoms with van der Waals surface area (Å²) >= 11 is 0. The number of aryl methyl sites for hydroxylation is 1. The van der Waals surface area contributed by atoms with Crippen LogP contribution in [0.2, 0.25) is 0 Å². The lowest BCUT2D eigenvalue weighted by Gasteiger charge is -2.14. The van der Waals surface area contributed by atoms with Gasteiger partial charge in [-0.15, -0.1) is 0 Å². The van der Waals surface area contributed by atoms with Crippen LogP contribution in [0.1, 0.15) is 19.7 Å². The van der Waals surface area contributed by atoms with Gasteiger partial charge < -0.3 is 10.1 Å². The van der Waals surface area contributed by atoms with Gasteiger partial charge in [0.15, 0.2) is 0 Å². The number of aromatic nitrogens is 2. The van der Waals surface area contributed by atoms with E-state index in [0.29, 0.717) is 0 Å². The van der Waals surface area contributed by atoms with Crippen molar-refractivity contribution in [3.63, 3.8) is 0 Å². The van der Waals surface area contributed by atoms with E-state index in [9.17, 15) is 0 Å². The SMILES string of the molecule is CNc1cc(-c2ccccc2OC(C)C)nc(C)n1. The highest BCUT2D eigenvalue weighted by Crippen LogP contribution is 2.30. The maximum atomic E-state index is 5.83. The fourth-order valence-electron chi connectivity index (χ4n) is 1.87. The highest BCUT2D eigenvalue weighted by molar-refractivity contribution is 5.69. The van der Waals surface area contributed by atoms with Crippen molar-refractivity contribution in [1.29, 1.82) is 0 Å². The van der Waals surface area contributed by atoms with Crippen molar-refractivity contribution in [1.82, 2.24) is 9.97 Å². The minimum absolute atomic E-state index is 0.132. The molecule has 0 aliphatic heterocycles. The van der Waals surface area contributed by atoms with Crippen LogP contribution in [0.15, 0.2) is 30.3 Å². The largest absolute Gasteiger partial charge is 0.490 e. The Morgan fingerprint density at radius 1 is 1.16 bits per heavy atom. The van der Waals surface area contributed by atoms with Crippen molar-refractivity contribution >= 4 is 5.82 Å². The van der Waals surface area contributed by atoms with Crippen LogP contribution >= 0.6 is 0 Å². The molecule has 4 nitrogen and oxygen atoms in total. The lowest BCUT2D eigenvalue weighted by atomic mass is 10.1. The van der Waals surface area contributed by atoms with Gasteiger partial charge in [-0.3, -0.25) is 0 Å². The zero-order chi connectivity index (χ0) is 13.8. The summed E-state index contributed by atoms with van der Waals surface area (Å²) in [5.41, 5.74) is 1.85. The molecule has 0 aliphatic carbocycles. The Kier molecular flexibility index (Phi) is 4.00. The van der Waals surface area contributed by atoms with Crippen LogP contribution in [-0.4, -0.2) is 23.1 Å². The number of para-hydroxylation sites is 1. The van der Waals surface area contributed by atoms with Gasteiger partial charge in [-0.05, 0) is 32.9 Å². The Hall–Kier alpha value is -2.10. The molecule has 0 saturated carbocycles. The monoisotopic (exact) mass is 257 g/mol. The quantitative estimate of drug-likeness (QED) is 0.913. The predicted molar refractivity (Wildman–Crippen MR) is 77.5 cm³/mol. The van der Waals surface area contributed by atoms with Gasteiger partial charge in [0, 0.05) is 18.7 Å². The van der Waals surface area contributed by atoms with Crippen LogP contribution in [0, 0.1) is 6.92 Å². The van der Waals surface area contributed by atoms with E-state index >= 15 is 0 Å². The summed E-state index contributed by atoms with van der Waals surface area (Å²) in [4.78, 5) is 8.79. The Balaban J connectivity index is 2.49. The first kappa shape index (κ1) is 13.3. The first-order chi connectivity index (χ1) is 9.10. The second kappa shape index (κ2) is 5.69. The number of hydrogen-bond acceptors (Lipinski definition) is 4. The number of benzene rings is 1. The third-order valence-electron chi connectivity index (χ3n) is 2.62. The molecule has 0 atom stereocenters. The average Bonchev–Trinajstić information content (AvgIpc) is 2.38. The smallest absolute Gasteiger partial charge is 0.130 e. The normalized spacial score (nSPS) is 10.6. The maximum absolute atomic E-state index is 5.83. The molecule has 100 valence electrons. The molecule has 0 saturated heterocycles. The molecule has 2 aromatic rings. The number of ether oxygens (including phenoxy) is 1. The average molecular weight is 257 g/mol. The molecule has 4 heteroatoms. The Labute approximate surface area is 113 Å². The van der Waals surface area contributed by atoms with E-state index in [2.05, 4.69) is 15.3 Å². The summed E-state index contributed by atoms with van der Waals surface area (Å²) < 4.78 is 5.83. The molecule has 0 radical (unpaired) electrons. The van der Waals surface area contributed by atoms with Gasteiger partial charge in [0.05, 0.1) is 11.8 Å². The van der Waals surface area contributed by atoms with E-state index in [1.807, 2.05) is 58.2 Å². The zero-order valence-electron chi connectivity index (χ0n) is 11.8. The molecular formula is C15H19N3O. The van der Waals surface area contributed by atoms with Crippen LogP contribution in [-0.2, 0) is 0 Å². The first-order valence-corrected chi connectivity index (χ1v) is 6.39. The molecule has 1 aromatic carbocycles. The number of rotatable bonds is 4. The van der Waals surface area contributed by atoms with E-state index in [0.717, 1.165) is 28.6 Å². The molecule has 0 fully saturated rings. The van der Waals surface area contributed by atoms with Gasteiger partial charge in [0.1, 0.15) is 17.4 Å². The summed E-state index contributed by atoms with van der Waals surface area (Å²) in [5.74, 6) is 2.39. The van der Waals surface area contributed by atoms with Gasteiger partial charge >= 0.3 is 0 Å². The summed E-state index contributed by atoms with van der Waals surface area (Å²) in [6.45, 7) is 5.92. The molecule has 1 aromatic heterocycles. The number of hydrogen-bond donors (Lipinski definition) is 1. The lowest BCUT2D eigenvalue weighted by Crippen LogP contribution is -2.07. The standard InChI is InChI=1S/C15H19N3O/c1-10(2)19-14-8-6-5-7-12(14)13-9-15(16-4)18-11(3)17-13/h5-10H,1-4H3,(H,16,17,18). The van der Waals surface area contributed by atoms with Gasteiger partial charge in [0.2, 0.25) is 0 Å². The Bertz CT molecular complexity index is 567. The highest BCUT2D eigenvalue weighted by atomic mass is 16.5. The van der Waals surface area contributed by atoms with Crippen molar-refractivity contribution in [2.24, 2.45) is 0 Å². The van der Waals surface area contributed by atoms with Crippen LogP contribution in [0.25, 0.3) is 11.3 Å². The Morgan fingerprint density at radius 3 is 2.58 bits per heavy atom. The second-order valence-electron chi connectivity index (χ2n) is 4.60. The van der Waals surface area contributed by atoms with Gasteiger partial charge in [0.25, 0.3) is 0 Å². The summed E-state index contributed by atoms with van der Waals surface area (Å²) in [5, 5.41) is 3.05. The fourth-order valence-corrected chi connectivity index (χ4v) is 1.87. The number of nitrogens with one attached hydrogen (secondary N) is 1. The van der Waals surface area contributed by atoms with Gasteiger partial charge in [-0.1, -0.05) is 12.1 Å². The van der Waals surface area contributed by atoms with Gasteiger partial charge in [-0.2, -0.15) is 0 Å². The molecule has 0 unspecified atom stereocenters. The number of nitrogens with zero attached hydrogens (tertiary/aromatic N) is 2.